The van der Waals surface area contributed by atoms with Crippen LogP contribution in [0.1, 0.15) is 10.4 Å². The zero-order valence-electron chi connectivity index (χ0n) is 9.19. The van der Waals surface area contributed by atoms with Crippen molar-refractivity contribution in [3.05, 3.63) is 29.6 Å². The third kappa shape index (κ3) is 3.34. The number of ether oxygens (including phenoxy) is 1. The summed E-state index contributed by atoms with van der Waals surface area (Å²) in [6.45, 7) is 0. The van der Waals surface area contributed by atoms with Gasteiger partial charge in [-0.05, 0) is 12.1 Å². The van der Waals surface area contributed by atoms with Crippen LogP contribution in [0.5, 0.6) is 5.75 Å². The Morgan fingerprint density at radius 3 is 2.32 bits per heavy atom. The topological polar surface area (TPSA) is 69.7 Å². The summed E-state index contributed by atoms with van der Waals surface area (Å²) in [6, 6.07) is 1.80. The van der Waals surface area contributed by atoms with Gasteiger partial charge in [-0.1, -0.05) is 0 Å². The molecule has 10 heteroatoms. The van der Waals surface area contributed by atoms with E-state index in [4.69, 9.17) is 0 Å². The SMILES string of the molecule is COC(=O)c1ccc(F)cc1OS(=O)(=O)C(F)(F)F. The lowest BCUT2D eigenvalue weighted by molar-refractivity contribution is -0.0500. The first kappa shape index (κ1) is 15.2. The van der Waals surface area contributed by atoms with Gasteiger partial charge in [0.2, 0.25) is 0 Å². The Morgan fingerprint density at radius 2 is 1.84 bits per heavy atom. The van der Waals surface area contributed by atoms with E-state index in [-0.39, 0.29) is 0 Å². The zero-order chi connectivity index (χ0) is 14.8. The molecule has 0 heterocycles. The third-order valence-electron chi connectivity index (χ3n) is 1.83. The quantitative estimate of drug-likeness (QED) is 0.369. The molecule has 5 nitrogen and oxygen atoms in total. The highest BCUT2D eigenvalue weighted by atomic mass is 32.2. The standard InChI is InChI=1S/C9H6F4O5S/c1-17-8(14)6-3-2-5(10)4-7(6)18-19(15,16)9(11,12)13/h2-4H,1H3. The predicted molar refractivity (Wildman–Crippen MR) is 53.3 cm³/mol. The molecular weight excluding hydrogens is 296 g/mol. The van der Waals surface area contributed by atoms with Gasteiger partial charge in [-0.15, -0.1) is 0 Å². The molecule has 1 aromatic carbocycles. The number of rotatable bonds is 3. The summed E-state index contributed by atoms with van der Waals surface area (Å²) >= 11 is 0. The number of carbonyl (C=O) groups is 1. The first-order chi connectivity index (χ1) is 8.58. The number of esters is 1. The second-order valence-electron chi connectivity index (χ2n) is 3.12. The van der Waals surface area contributed by atoms with Gasteiger partial charge in [-0.3, -0.25) is 0 Å². The molecule has 0 aromatic heterocycles. The van der Waals surface area contributed by atoms with Gasteiger partial charge in [0, 0.05) is 6.07 Å². The van der Waals surface area contributed by atoms with Crippen molar-refractivity contribution in [2.75, 3.05) is 7.11 Å². The van der Waals surface area contributed by atoms with Crippen molar-refractivity contribution >= 4 is 16.1 Å². The molecule has 0 aliphatic rings. The van der Waals surface area contributed by atoms with Crippen LogP contribution in [0.2, 0.25) is 0 Å². The molecule has 0 aliphatic heterocycles. The van der Waals surface area contributed by atoms with Crippen molar-refractivity contribution in [2.45, 2.75) is 5.51 Å². The minimum atomic E-state index is -6.01. The van der Waals surface area contributed by atoms with Gasteiger partial charge < -0.3 is 8.92 Å². The van der Waals surface area contributed by atoms with Gasteiger partial charge in [0.25, 0.3) is 0 Å². The van der Waals surface area contributed by atoms with E-state index in [1.807, 2.05) is 0 Å². The highest BCUT2D eigenvalue weighted by Crippen LogP contribution is 2.29. The Morgan fingerprint density at radius 1 is 1.26 bits per heavy atom. The Labute approximate surface area is 104 Å². The van der Waals surface area contributed by atoms with E-state index in [0.717, 1.165) is 19.2 Å². The summed E-state index contributed by atoms with van der Waals surface area (Å²) < 4.78 is 78.7. The number of hydrogen-bond acceptors (Lipinski definition) is 5. The molecule has 19 heavy (non-hydrogen) atoms. The summed E-state index contributed by atoms with van der Waals surface area (Å²) in [5, 5.41) is 0. The zero-order valence-corrected chi connectivity index (χ0v) is 10.0. The van der Waals surface area contributed by atoms with Gasteiger partial charge in [0.1, 0.15) is 11.4 Å². The first-order valence-electron chi connectivity index (χ1n) is 4.47. The predicted octanol–water partition coefficient (Wildman–Crippen LogP) is 1.84. The van der Waals surface area contributed by atoms with Gasteiger partial charge in [0.15, 0.2) is 5.75 Å². The lowest BCUT2D eigenvalue weighted by Gasteiger charge is -2.11. The van der Waals surface area contributed by atoms with E-state index in [9.17, 15) is 30.8 Å². The molecule has 0 saturated carbocycles. The molecule has 0 spiro atoms. The highest BCUT2D eigenvalue weighted by Gasteiger charge is 2.49. The minimum Gasteiger partial charge on any atom is -0.465 e. The largest absolute Gasteiger partial charge is 0.534 e. The molecule has 0 saturated heterocycles. The number of hydrogen-bond donors (Lipinski definition) is 0. The van der Waals surface area contributed by atoms with Crippen LogP contribution in [0.3, 0.4) is 0 Å². The summed E-state index contributed by atoms with van der Waals surface area (Å²) in [5.41, 5.74) is -6.36. The molecule has 0 N–H and O–H groups in total. The lowest BCUT2D eigenvalue weighted by Crippen LogP contribution is -2.28. The number of methoxy groups -OCH3 is 1. The van der Waals surface area contributed by atoms with E-state index in [0.29, 0.717) is 6.07 Å². The van der Waals surface area contributed by atoms with Crippen molar-refractivity contribution in [3.63, 3.8) is 0 Å². The second-order valence-corrected chi connectivity index (χ2v) is 4.65. The molecule has 1 rings (SSSR count). The average Bonchev–Trinajstić information content (AvgIpc) is 2.26. The van der Waals surface area contributed by atoms with Crippen LogP contribution in [-0.2, 0) is 14.9 Å². The number of halogens is 4. The second kappa shape index (κ2) is 5.03. The Hall–Kier alpha value is -1.84. The first-order valence-corrected chi connectivity index (χ1v) is 5.88. The van der Waals surface area contributed by atoms with E-state index in [1.165, 1.54) is 0 Å². The Bertz CT molecular complexity index is 593. The van der Waals surface area contributed by atoms with Crippen LogP contribution < -0.4 is 4.18 Å². The van der Waals surface area contributed by atoms with E-state index in [1.54, 1.807) is 0 Å². The fraction of sp³-hybridized carbons (Fsp3) is 0.222. The number of alkyl halides is 3. The molecule has 0 atom stereocenters. The molecule has 0 amide bonds. The molecule has 106 valence electrons. The smallest absolute Gasteiger partial charge is 0.465 e. The van der Waals surface area contributed by atoms with Gasteiger partial charge in [-0.2, -0.15) is 21.6 Å². The van der Waals surface area contributed by atoms with Crippen molar-refractivity contribution in [1.29, 1.82) is 0 Å². The maximum absolute atomic E-state index is 12.9. The van der Waals surface area contributed by atoms with Crippen LogP contribution in [0.4, 0.5) is 17.6 Å². The normalized spacial score (nSPS) is 12.1. The van der Waals surface area contributed by atoms with Crippen LogP contribution in [0, 0.1) is 5.82 Å². The maximum Gasteiger partial charge on any atom is 0.534 e. The molecule has 1 aromatic rings. The van der Waals surface area contributed by atoms with Crippen LogP contribution in [0.25, 0.3) is 0 Å². The number of carbonyl (C=O) groups excluding carboxylic acids is 1. The molecule has 0 bridgehead atoms. The monoisotopic (exact) mass is 302 g/mol. The molecular formula is C9H6F4O5S. The van der Waals surface area contributed by atoms with Crippen LogP contribution >= 0.6 is 0 Å². The summed E-state index contributed by atoms with van der Waals surface area (Å²) in [4.78, 5) is 11.2. The van der Waals surface area contributed by atoms with Crippen molar-refractivity contribution in [1.82, 2.24) is 0 Å². The van der Waals surface area contributed by atoms with Crippen molar-refractivity contribution in [3.8, 4) is 5.75 Å². The third-order valence-corrected chi connectivity index (χ3v) is 2.80. The van der Waals surface area contributed by atoms with Crippen LogP contribution in [0.15, 0.2) is 18.2 Å². The van der Waals surface area contributed by atoms with Crippen molar-refractivity contribution < 1.29 is 39.7 Å². The van der Waals surface area contributed by atoms with Crippen molar-refractivity contribution in [2.24, 2.45) is 0 Å². The number of benzene rings is 1. The average molecular weight is 302 g/mol. The Balaban J connectivity index is 3.28. The lowest BCUT2D eigenvalue weighted by atomic mass is 10.2. The summed E-state index contributed by atoms with van der Waals surface area (Å²) in [6.07, 6.45) is 0. The summed E-state index contributed by atoms with van der Waals surface area (Å²) in [5.74, 6) is -3.36. The highest BCUT2D eigenvalue weighted by molar-refractivity contribution is 7.88. The van der Waals surface area contributed by atoms with Gasteiger partial charge in [-0.25, -0.2) is 9.18 Å². The van der Waals surface area contributed by atoms with Crippen LogP contribution in [-0.4, -0.2) is 27.0 Å². The maximum atomic E-state index is 12.9. The minimum absolute atomic E-state index is 0.329. The van der Waals surface area contributed by atoms with E-state index in [2.05, 4.69) is 8.92 Å². The molecule has 0 aliphatic carbocycles. The summed E-state index contributed by atoms with van der Waals surface area (Å²) in [7, 11) is -5.10. The van der Waals surface area contributed by atoms with E-state index < -0.39 is 38.7 Å². The molecule has 0 radical (unpaired) electrons. The Kier molecular flexibility index (Phi) is 4.03. The van der Waals surface area contributed by atoms with Gasteiger partial charge in [0.05, 0.1) is 7.11 Å². The van der Waals surface area contributed by atoms with Gasteiger partial charge >= 0.3 is 21.6 Å². The molecule has 0 unspecified atom stereocenters. The molecule has 0 fully saturated rings. The van der Waals surface area contributed by atoms with E-state index >= 15 is 0 Å². The fourth-order valence-corrected chi connectivity index (χ4v) is 1.48. The fourth-order valence-electron chi connectivity index (χ4n) is 1.01.